The van der Waals surface area contributed by atoms with Crippen molar-refractivity contribution in [1.82, 2.24) is 5.32 Å². The topological polar surface area (TPSA) is 62.1 Å². The second-order valence-corrected chi connectivity index (χ2v) is 4.39. The Labute approximate surface area is 78.9 Å². The highest BCUT2D eigenvalue weighted by atomic mass is 16.6. The summed E-state index contributed by atoms with van der Waals surface area (Å²) in [6.07, 6.45) is -0.570. The van der Waals surface area contributed by atoms with E-state index in [-0.39, 0.29) is 5.54 Å². The van der Waals surface area contributed by atoms with Gasteiger partial charge in [0, 0.05) is 5.54 Å². The van der Waals surface area contributed by atoms with E-state index in [0.29, 0.717) is 0 Å². The van der Waals surface area contributed by atoms with Gasteiger partial charge in [0.15, 0.2) is 5.60 Å². The van der Waals surface area contributed by atoms with E-state index in [0.717, 1.165) is 0 Å². The molecule has 0 rings (SSSR count). The maximum absolute atomic E-state index is 11.1. The highest BCUT2D eigenvalue weighted by molar-refractivity contribution is 5.68. The summed E-state index contributed by atoms with van der Waals surface area (Å²) in [4.78, 5) is 11.1. The summed E-state index contributed by atoms with van der Waals surface area (Å²) in [6.45, 7) is 8.60. The molecule has 0 aromatic carbocycles. The zero-order chi connectivity index (χ0) is 10.7. The Morgan fingerprint density at radius 1 is 1.31 bits per heavy atom. The van der Waals surface area contributed by atoms with E-state index < -0.39 is 11.7 Å². The first-order chi connectivity index (χ1) is 5.66. The van der Waals surface area contributed by atoms with Gasteiger partial charge >= 0.3 is 6.09 Å². The van der Waals surface area contributed by atoms with Crippen molar-refractivity contribution in [3.05, 3.63) is 0 Å². The van der Waals surface area contributed by atoms with E-state index in [9.17, 15) is 4.79 Å². The summed E-state index contributed by atoms with van der Waals surface area (Å²) in [5.41, 5.74) is -1.42. The molecule has 0 aliphatic carbocycles. The molecule has 0 aliphatic rings. The summed E-state index contributed by atoms with van der Waals surface area (Å²) in [5, 5.41) is 11.2. The first kappa shape index (κ1) is 11.8. The SMILES string of the molecule is CC(C)(C)NC(=O)OC(C)(C)C#N. The Balaban J connectivity index is 4.13. The Morgan fingerprint density at radius 3 is 2.08 bits per heavy atom. The van der Waals surface area contributed by atoms with Gasteiger partial charge in [0.1, 0.15) is 6.07 Å². The third-order valence-corrected chi connectivity index (χ3v) is 1.09. The molecule has 4 nitrogen and oxygen atoms in total. The molecule has 0 saturated carbocycles. The Morgan fingerprint density at radius 2 is 1.77 bits per heavy atom. The summed E-state index contributed by atoms with van der Waals surface area (Å²) in [6, 6.07) is 1.87. The smallest absolute Gasteiger partial charge is 0.409 e. The predicted molar refractivity (Wildman–Crippen MR) is 49.1 cm³/mol. The fourth-order valence-corrected chi connectivity index (χ4v) is 0.586. The van der Waals surface area contributed by atoms with Gasteiger partial charge in [-0.25, -0.2) is 4.79 Å². The first-order valence-electron chi connectivity index (χ1n) is 4.09. The van der Waals surface area contributed by atoms with Crippen LogP contribution < -0.4 is 5.32 Å². The largest absolute Gasteiger partial charge is 0.428 e. The molecular formula is C9H16N2O2. The summed E-state index contributed by atoms with van der Waals surface area (Å²) in [7, 11) is 0. The normalized spacial score (nSPS) is 11.7. The molecule has 0 aromatic rings. The third kappa shape index (κ3) is 5.97. The summed E-state index contributed by atoms with van der Waals surface area (Å²) >= 11 is 0. The van der Waals surface area contributed by atoms with E-state index >= 15 is 0 Å². The van der Waals surface area contributed by atoms with Crippen LogP contribution in [0.15, 0.2) is 0 Å². The molecule has 0 unspecified atom stereocenters. The van der Waals surface area contributed by atoms with Gasteiger partial charge in [0.05, 0.1) is 0 Å². The highest BCUT2D eigenvalue weighted by Gasteiger charge is 2.24. The molecular weight excluding hydrogens is 168 g/mol. The summed E-state index contributed by atoms with van der Waals surface area (Å²) in [5.74, 6) is 0. The zero-order valence-electron chi connectivity index (χ0n) is 8.76. The number of carbonyl (C=O) groups excluding carboxylic acids is 1. The average molecular weight is 184 g/mol. The molecule has 0 aliphatic heterocycles. The maximum atomic E-state index is 11.1. The fraction of sp³-hybridized carbons (Fsp3) is 0.778. The van der Waals surface area contributed by atoms with Crippen LogP contribution in [0.5, 0.6) is 0 Å². The molecule has 0 aromatic heterocycles. The minimum Gasteiger partial charge on any atom is -0.428 e. The van der Waals surface area contributed by atoms with Gasteiger partial charge in [0.2, 0.25) is 0 Å². The minimum absolute atomic E-state index is 0.345. The third-order valence-electron chi connectivity index (χ3n) is 1.09. The van der Waals surface area contributed by atoms with Crippen molar-refractivity contribution in [2.45, 2.75) is 45.8 Å². The molecule has 74 valence electrons. The van der Waals surface area contributed by atoms with Crippen molar-refractivity contribution in [2.24, 2.45) is 0 Å². The van der Waals surface area contributed by atoms with Gasteiger partial charge in [-0.15, -0.1) is 0 Å². The van der Waals surface area contributed by atoms with E-state index in [4.69, 9.17) is 10.00 Å². The predicted octanol–water partition coefficient (Wildman–Crippen LogP) is 1.81. The molecule has 0 saturated heterocycles. The molecule has 1 amide bonds. The zero-order valence-corrected chi connectivity index (χ0v) is 8.76. The first-order valence-corrected chi connectivity index (χ1v) is 4.09. The quantitative estimate of drug-likeness (QED) is 0.676. The molecule has 0 radical (unpaired) electrons. The van der Waals surface area contributed by atoms with Crippen LogP contribution in [-0.2, 0) is 4.74 Å². The lowest BCUT2D eigenvalue weighted by molar-refractivity contribution is 0.0712. The van der Waals surface area contributed by atoms with Crippen LogP contribution in [0.4, 0.5) is 4.79 Å². The molecule has 0 atom stereocenters. The van der Waals surface area contributed by atoms with Crippen LogP contribution in [0.2, 0.25) is 0 Å². The molecule has 0 heterocycles. The lowest BCUT2D eigenvalue weighted by atomic mass is 10.1. The lowest BCUT2D eigenvalue weighted by Crippen LogP contribution is -2.43. The van der Waals surface area contributed by atoms with Crippen LogP contribution in [-0.4, -0.2) is 17.2 Å². The number of alkyl carbamates (subject to hydrolysis) is 1. The number of nitrogens with zero attached hydrogens (tertiary/aromatic N) is 1. The van der Waals surface area contributed by atoms with Crippen LogP contribution in [0.3, 0.4) is 0 Å². The van der Waals surface area contributed by atoms with Crippen LogP contribution in [0, 0.1) is 11.3 Å². The Bertz CT molecular complexity index is 233. The van der Waals surface area contributed by atoms with Gasteiger partial charge in [-0.05, 0) is 34.6 Å². The van der Waals surface area contributed by atoms with Crippen molar-refractivity contribution < 1.29 is 9.53 Å². The highest BCUT2D eigenvalue weighted by Crippen LogP contribution is 2.08. The van der Waals surface area contributed by atoms with E-state index in [1.807, 2.05) is 26.8 Å². The monoisotopic (exact) mass is 184 g/mol. The summed E-state index contributed by atoms with van der Waals surface area (Å²) < 4.78 is 4.85. The number of amides is 1. The van der Waals surface area contributed by atoms with Gasteiger partial charge in [-0.2, -0.15) is 5.26 Å². The van der Waals surface area contributed by atoms with Crippen molar-refractivity contribution >= 4 is 6.09 Å². The number of rotatable bonds is 1. The van der Waals surface area contributed by atoms with Crippen molar-refractivity contribution in [3.63, 3.8) is 0 Å². The molecule has 0 fully saturated rings. The molecule has 0 spiro atoms. The second kappa shape index (κ2) is 3.65. The number of hydrogen-bond acceptors (Lipinski definition) is 3. The number of ether oxygens (including phenoxy) is 1. The number of carbonyl (C=O) groups is 1. The van der Waals surface area contributed by atoms with E-state index in [2.05, 4.69) is 5.32 Å². The second-order valence-electron chi connectivity index (χ2n) is 4.39. The van der Waals surface area contributed by atoms with Gasteiger partial charge in [0.25, 0.3) is 0 Å². The Hall–Kier alpha value is -1.24. The maximum Gasteiger partial charge on any atom is 0.409 e. The van der Waals surface area contributed by atoms with Crippen molar-refractivity contribution in [3.8, 4) is 6.07 Å². The van der Waals surface area contributed by atoms with Crippen LogP contribution in [0.25, 0.3) is 0 Å². The Kier molecular flexibility index (Phi) is 3.30. The fourth-order valence-electron chi connectivity index (χ4n) is 0.586. The van der Waals surface area contributed by atoms with E-state index in [1.54, 1.807) is 0 Å². The van der Waals surface area contributed by atoms with Gasteiger partial charge < -0.3 is 10.1 Å². The molecule has 4 heteroatoms. The van der Waals surface area contributed by atoms with Gasteiger partial charge in [-0.3, -0.25) is 0 Å². The van der Waals surface area contributed by atoms with Crippen molar-refractivity contribution in [1.29, 1.82) is 5.26 Å². The van der Waals surface area contributed by atoms with Gasteiger partial charge in [-0.1, -0.05) is 0 Å². The standard InChI is InChI=1S/C9H16N2O2/c1-8(2,3)11-7(12)13-9(4,5)6-10/h1-5H3,(H,11,12). The molecule has 13 heavy (non-hydrogen) atoms. The molecule has 0 bridgehead atoms. The van der Waals surface area contributed by atoms with Crippen LogP contribution in [0.1, 0.15) is 34.6 Å². The van der Waals surface area contributed by atoms with Crippen LogP contribution >= 0.6 is 0 Å². The van der Waals surface area contributed by atoms with E-state index in [1.165, 1.54) is 13.8 Å². The average Bonchev–Trinajstić information content (AvgIpc) is 1.81. The molecule has 1 N–H and O–H groups in total. The number of nitriles is 1. The minimum atomic E-state index is -1.07. The number of hydrogen-bond donors (Lipinski definition) is 1. The van der Waals surface area contributed by atoms with Crippen molar-refractivity contribution in [2.75, 3.05) is 0 Å². The number of nitrogens with one attached hydrogen (secondary N) is 1. The lowest BCUT2D eigenvalue weighted by Gasteiger charge is -2.23.